The quantitative estimate of drug-likeness (QED) is 0.498. The second kappa shape index (κ2) is 5.12. The minimum atomic E-state index is 0.438. The van der Waals surface area contributed by atoms with Gasteiger partial charge in [0.1, 0.15) is 11.5 Å². The molecule has 4 nitrogen and oxygen atoms in total. The molecule has 0 bridgehead atoms. The molecule has 0 aliphatic carbocycles. The summed E-state index contributed by atoms with van der Waals surface area (Å²) in [5.74, 6) is 0.757. The average Bonchev–Trinajstić information content (AvgIpc) is 2.42. The van der Waals surface area contributed by atoms with E-state index in [0.29, 0.717) is 11.4 Å². The van der Waals surface area contributed by atoms with Gasteiger partial charge in [-0.25, -0.2) is 0 Å². The van der Waals surface area contributed by atoms with Gasteiger partial charge < -0.3 is 9.94 Å². The number of hydrogen-bond acceptors (Lipinski definition) is 4. The van der Waals surface area contributed by atoms with Crippen molar-refractivity contribution in [3.63, 3.8) is 0 Å². The highest BCUT2D eigenvalue weighted by molar-refractivity contribution is 6.11. The third kappa shape index (κ3) is 2.42. The Labute approximate surface area is 99.2 Å². The van der Waals surface area contributed by atoms with Crippen LogP contribution >= 0.6 is 0 Å². The second-order valence-electron chi connectivity index (χ2n) is 3.39. The van der Waals surface area contributed by atoms with Crippen LogP contribution in [0.2, 0.25) is 0 Å². The first-order valence-electron chi connectivity index (χ1n) is 5.13. The Morgan fingerprint density at radius 2 is 1.94 bits per heavy atom. The van der Waals surface area contributed by atoms with E-state index in [9.17, 15) is 0 Å². The van der Waals surface area contributed by atoms with Gasteiger partial charge in [-0.05, 0) is 36.4 Å². The van der Waals surface area contributed by atoms with Crippen LogP contribution in [0.1, 0.15) is 11.3 Å². The van der Waals surface area contributed by atoms with Gasteiger partial charge in [0, 0.05) is 11.8 Å². The fraction of sp³-hybridized carbons (Fsp3) is 0.0769. The fourth-order valence-electron chi connectivity index (χ4n) is 1.51. The zero-order valence-electron chi connectivity index (χ0n) is 9.37. The molecule has 0 unspecified atom stereocenters. The van der Waals surface area contributed by atoms with Crippen molar-refractivity contribution >= 4 is 5.71 Å². The number of oxime groups is 1. The standard InChI is InChI=1S/C13H12N2O2/c1-17-11-7-5-10(6-8-11)13(15-16)12-4-2-3-9-14-12/h2-9,16H,1H3/b15-13-. The van der Waals surface area contributed by atoms with E-state index in [-0.39, 0.29) is 0 Å². The van der Waals surface area contributed by atoms with Crippen LogP contribution in [0.4, 0.5) is 0 Å². The van der Waals surface area contributed by atoms with Crippen molar-refractivity contribution in [1.29, 1.82) is 0 Å². The van der Waals surface area contributed by atoms with Crippen molar-refractivity contribution in [3.8, 4) is 5.75 Å². The summed E-state index contributed by atoms with van der Waals surface area (Å²) < 4.78 is 5.07. The smallest absolute Gasteiger partial charge is 0.135 e. The van der Waals surface area contributed by atoms with Crippen molar-refractivity contribution in [1.82, 2.24) is 4.98 Å². The highest BCUT2D eigenvalue weighted by Crippen LogP contribution is 2.14. The molecule has 0 fully saturated rings. The van der Waals surface area contributed by atoms with Gasteiger partial charge >= 0.3 is 0 Å². The van der Waals surface area contributed by atoms with Crippen LogP contribution in [0.15, 0.2) is 53.8 Å². The lowest BCUT2D eigenvalue weighted by molar-refractivity contribution is 0.319. The molecule has 0 saturated heterocycles. The molecular weight excluding hydrogens is 216 g/mol. The maximum Gasteiger partial charge on any atom is 0.135 e. The number of hydrogen-bond donors (Lipinski definition) is 1. The summed E-state index contributed by atoms with van der Waals surface area (Å²) in [5.41, 5.74) is 1.85. The van der Waals surface area contributed by atoms with E-state index in [2.05, 4.69) is 10.1 Å². The maximum atomic E-state index is 9.08. The molecule has 86 valence electrons. The van der Waals surface area contributed by atoms with Crippen LogP contribution in [0.3, 0.4) is 0 Å². The third-order valence-electron chi connectivity index (χ3n) is 2.37. The molecule has 1 aromatic carbocycles. The number of ether oxygens (including phenoxy) is 1. The highest BCUT2D eigenvalue weighted by Gasteiger charge is 2.08. The molecule has 0 aliphatic heterocycles. The number of nitrogens with zero attached hydrogens (tertiary/aromatic N) is 2. The van der Waals surface area contributed by atoms with E-state index in [1.54, 1.807) is 19.4 Å². The summed E-state index contributed by atoms with van der Waals surface area (Å²) in [5, 5.41) is 12.4. The normalized spacial score (nSPS) is 11.2. The Morgan fingerprint density at radius 1 is 1.18 bits per heavy atom. The second-order valence-corrected chi connectivity index (χ2v) is 3.39. The van der Waals surface area contributed by atoms with Gasteiger partial charge in [0.15, 0.2) is 0 Å². The zero-order chi connectivity index (χ0) is 12.1. The Kier molecular flexibility index (Phi) is 3.35. The molecule has 1 heterocycles. The zero-order valence-corrected chi connectivity index (χ0v) is 9.37. The SMILES string of the molecule is COc1ccc(/C(=N/O)c2ccccn2)cc1. The lowest BCUT2D eigenvalue weighted by Crippen LogP contribution is -2.05. The lowest BCUT2D eigenvalue weighted by atomic mass is 10.1. The van der Waals surface area contributed by atoms with Crippen molar-refractivity contribution in [3.05, 3.63) is 59.9 Å². The third-order valence-corrected chi connectivity index (χ3v) is 2.37. The number of rotatable bonds is 3. The van der Waals surface area contributed by atoms with Crippen molar-refractivity contribution in [2.24, 2.45) is 5.16 Å². The molecule has 4 heteroatoms. The summed E-state index contributed by atoms with van der Waals surface area (Å²) in [6.07, 6.45) is 1.66. The fourth-order valence-corrected chi connectivity index (χ4v) is 1.51. The van der Waals surface area contributed by atoms with E-state index < -0.39 is 0 Å². The van der Waals surface area contributed by atoms with Gasteiger partial charge in [0.05, 0.1) is 12.8 Å². The predicted molar refractivity (Wildman–Crippen MR) is 64.7 cm³/mol. The van der Waals surface area contributed by atoms with Gasteiger partial charge in [0.2, 0.25) is 0 Å². The van der Waals surface area contributed by atoms with E-state index in [1.165, 1.54) is 0 Å². The first kappa shape index (κ1) is 11.1. The first-order valence-corrected chi connectivity index (χ1v) is 5.13. The first-order chi connectivity index (χ1) is 8.35. The molecule has 0 amide bonds. The summed E-state index contributed by atoms with van der Waals surface area (Å²) >= 11 is 0. The van der Waals surface area contributed by atoms with Crippen LogP contribution < -0.4 is 4.74 Å². The molecule has 0 radical (unpaired) electrons. The summed E-state index contributed by atoms with van der Waals surface area (Å²) in [4.78, 5) is 4.15. The monoisotopic (exact) mass is 228 g/mol. The average molecular weight is 228 g/mol. The Morgan fingerprint density at radius 3 is 2.47 bits per heavy atom. The van der Waals surface area contributed by atoms with E-state index in [1.807, 2.05) is 36.4 Å². The molecule has 1 N–H and O–H groups in total. The lowest BCUT2D eigenvalue weighted by Gasteiger charge is -2.05. The molecule has 2 aromatic rings. The van der Waals surface area contributed by atoms with Crippen LogP contribution in [-0.2, 0) is 0 Å². The number of pyridine rings is 1. The molecule has 0 aliphatic rings. The van der Waals surface area contributed by atoms with Crippen LogP contribution in [-0.4, -0.2) is 23.0 Å². The van der Waals surface area contributed by atoms with Crippen molar-refractivity contribution < 1.29 is 9.94 Å². The van der Waals surface area contributed by atoms with E-state index >= 15 is 0 Å². The van der Waals surface area contributed by atoms with Gasteiger partial charge in [-0.3, -0.25) is 4.98 Å². The molecule has 0 saturated carbocycles. The summed E-state index contributed by atoms with van der Waals surface area (Å²) in [7, 11) is 1.61. The highest BCUT2D eigenvalue weighted by atomic mass is 16.5. The molecule has 0 atom stereocenters. The number of benzene rings is 1. The summed E-state index contributed by atoms with van der Waals surface area (Å²) in [6.45, 7) is 0. The van der Waals surface area contributed by atoms with Crippen LogP contribution in [0.5, 0.6) is 5.75 Å². The minimum absolute atomic E-state index is 0.438. The molecule has 0 spiro atoms. The molecule has 1 aromatic heterocycles. The minimum Gasteiger partial charge on any atom is -0.497 e. The van der Waals surface area contributed by atoms with E-state index in [0.717, 1.165) is 11.3 Å². The Hall–Kier alpha value is -2.36. The molecule has 17 heavy (non-hydrogen) atoms. The predicted octanol–water partition coefficient (Wildman–Crippen LogP) is 2.32. The van der Waals surface area contributed by atoms with Gasteiger partial charge in [-0.15, -0.1) is 0 Å². The Bertz CT molecular complexity index is 507. The largest absolute Gasteiger partial charge is 0.497 e. The number of methoxy groups -OCH3 is 1. The maximum absolute atomic E-state index is 9.08. The number of aromatic nitrogens is 1. The van der Waals surface area contributed by atoms with Crippen LogP contribution in [0.25, 0.3) is 0 Å². The van der Waals surface area contributed by atoms with Crippen LogP contribution in [0, 0.1) is 0 Å². The molecule has 2 rings (SSSR count). The van der Waals surface area contributed by atoms with Crippen molar-refractivity contribution in [2.45, 2.75) is 0 Å². The molecular formula is C13H12N2O2. The van der Waals surface area contributed by atoms with Crippen molar-refractivity contribution in [2.75, 3.05) is 7.11 Å². The Balaban J connectivity index is 2.37. The van der Waals surface area contributed by atoms with Gasteiger partial charge in [-0.2, -0.15) is 0 Å². The van der Waals surface area contributed by atoms with E-state index in [4.69, 9.17) is 9.94 Å². The van der Waals surface area contributed by atoms with Gasteiger partial charge in [-0.1, -0.05) is 11.2 Å². The summed E-state index contributed by atoms with van der Waals surface area (Å²) in [6, 6.07) is 12.7. The topological polar surface area (TPSA) is 54.7 Å². The van der Waals surface area contributed by atoms with Gasteiger partial charge in [0.25, 0.3) is 0 Å².